The van der Waals surface area contributed by atoms with Crippen LogP contribution in [0.4, 0.5) is 5.95 Å². The van der Waals surface area contributed by atoms with Crippen molar-refractivity contribution in [1.29, 1.82) is 0 Å². The number of rotatable bonds is 3. The van der Waals surface area contributed by atoms with Crippen molar-refractivity contribution in [1.82, 2.24) is 19.9 Å². The molecule has 2 fully saturated rings. The lowest BCUT2D eigenvalue weighted by Gasteiger charge is -2.35. The number of fused-ring (bicyclic) bond motifs is 1. The van der Waals surface area contributed by atoms with Crippen molar-refractivity contribution in [2.75, 3.05) is 45.3 Å². The largest absolute Gasteiger partial charge is 0.381 e. The van der Waals surface area contributed by atoms with Gasteiger partial charge in [0, 0.05) is 64.1 Å². The van der Waals surface area contributed by atoms with Gasteiger partial charge in [-0.3, -0.25) is 9.59 Å². The second-order valence-electron chi connectivity index (χ2n) is 7.90. The Morgan fingerprint density at radius 3 is 2.61 bits per heavy atom. The predicted molar refractivity (Wildman–Crippen MR) is 107 cm³/mol. The number of hydrogen-bond acceptors (Lipinski definition) is 6. The smallest absolute Gasteiger partial charge is 0.259 e. The number of anilines is 1. The van der Waals surface area contributed by atoms with Gasteiger partial charge in [0.15, 0.2) is 0 Å². The van der Waals surface area contributed by atoms with Crippen LogP contribution in [0, 0.1) is 5.92 Å². The lowest BCUT2D eigenvalue weighted by atomic mass is 9.91. The van der Waals surface area contributed by atoms with Crippen LogP contribution in [-0.2, 0) is 9.53 Å². The molecule has 0 aromatic carbocycles. The monoisotopic (exact) mass is 385 g/mol. The molecular weight excluding hydrogens is 358 g/mol. The molecule has 2 aliphatic rings. The first-order chi connectivity index (χ1) is 13.5. The standard InChI is InChI=1S/C20H27N5O3/c1-24(2)20-21-12-15-17(23-20)11-16(22-18(15)26)13-3-7-25(8-4-13)19(27)14-5-9-28-10-6-14/h11-14H,3-10H2,1-2H3,(H,22,26). The molecule has 1 N–H and O–H groups in total. The van der Waals surface area contributed by atoms with Crippen molar-refractivity contribution in [3.05, 3.63) is 28.3 Å². The van der Waals surface area contributed by atoms with Crippen LogP contribution in [0.3, 0.4) is 0 Å². The minimum atomic E-state index is -0.154. The van der Waals surface area contributed by atoms with Crippen LogP contribution in [-0.4, -0.2) is 66.2 Å². The van der Waals surface area contributed by atoms with Gasteiger partial charge < -0.3 is 19.5 Å². The maximum atomic E-state index is 12.7. The van der Waals surface area contributed by atoms with Crippen LogP contribution in [0.25, 0.3) is 10.9 Å². The number of piperidine rings is 1. The maximum absolute atomic E-state index is 12.7. The van der Waals surface area contributed by atoms with Gasteiger partial charge >= 0.3 is 0 Å². The lowest BCUT2D eigenvalue weighted by Crippen LogP contribution is -2.43. The Hall–Kier alpha value is -2.48. The third kappa shape index (κ3) is 3.73. The van der Waals surface area contributed by atoms with Crippen molar-refractivity contribution in [2.45, 2.75) is 31.6 Å². The number of nitrogens with one attached hydrogen (secondary N) is 1. The Bertz CT molecular complexity index is 912. The number of ether oxygens (including phenoxy) is 1. The number of aromatic nitrogens is 3. The second-order valence-corrected chi connectivity index (χ2v) is 7.90. The summed E-state index contributed by atoms with van der Waals surface area (Å²) in [5, 5.41) is 0.501. The van der Waals surface area contributed by atoms with Crippen LogP contribution in [0.1, 0.15) is 37.3 Å². The van der Waals surface area contributed by atoms with Crippen molar-refractivity contribution in [3.8, 4) is 0 Å². The number of aromatic amines is 1. The average Bonchev–Trinajstić information content (AvgIpc) is 2.73. The number of likely N-dealkylation sites (tertiary alicyclic amines) is 1. The van der Waals surface area contributed by atoms with Gasteiger partial charge in [0.2, 0.25) is 11.9 Å². The van der Waals surface area contributed by atoms with E-state index in [1.807, 2.05) is 30.0 Å². The lowest BCUT2D eigenvalue weighted by molar-refractivity contribution is -0.139. The fourth-order valence-corrected chi connectivity index (χ4v) is 4.10. The minimum absolute atomic E-state index is 0.104. The Balaban J connectivity index is 1.48. The second kappa shape index (κ2) is 7.87. The molecule has 2 aromatic heterocycles. The number of nitrogens with zero attached hydrogens (tertiary/aromatic N) is 4. The number of hydrogen-bond donors (Lipinski definition) is 1. The highest BCUT2D eigenvalue weighted by molar-refractivity contribution is 5.79. The van der Waals surface area contributed by atoms with E-state index in [1.54, 1.807) is 6.20 Å². The van der Waals surface area contributed by atoms with E-state index in [0.29, 0.717) is 30.1 Å². The summed E-state index contributed by atoms with van der Waals surface area (Å²) in [5.41, 5.74) is 1.41. The molecule has 0 aliphatic carbocycles. The number of pyridine rings is 1. The summed E-state index contributed by atoms with van der Waals surface area (Å²) in [6, 6.07) is 1.96. The Morgan fingerprint density at radius 2 is 1.93 bits per heavy atom. The van der Waals surface area contributed by atoms with Gasteiger partial charge in [0.05, 0.1) is 10.9 Å². The predicted octanol–water partition coefficient (Wildman–Crippen LogP) is 1.52. The third-order valence-corrected chi connectivity index (χ3v) is 5.82. The molecule has 0 saturated carbocycles. The minimum Gasteiger partial charge on any atom is -0.381 e. The molecule has 0 unspecified atom stereocenters. The molecular formula is C20H27N5O3. The molecule has 150 valence electrons. The fourth-order valence-electron chi connectivity index (χ4n) is 4.10. The van der Waals surface area contributed by atoms with Crippen LogP contribution < -0.4 is 10.5 Å². The molecule has 0 spiro atoms. The highest BCUT2D eigenvalue weighted by atomic mass is 16.5. The highest BCUT2D eigenvalue weighted by Gasteiger charge is 2.30. The van der Waals surface area contributed by atoms with Crippen molar-refractivity contribution in [3.63, 3.8) is 0 Å². The van der Waals surface area contributed by atoms with Crippen LogP contribution >= 0.6 is 0 Å². The molecule has 2 aromatic rings. The van der Waals surface area contributed by atoms with Crippen molar-refractivity contribution < 1.29 is 9.53 Å². The van der Waals surface area contributed by atoms with Gasteiger partial charge in [-0.25, -0.2) is 9.97 Å². The Morgan fingerprint density at radius 1 is 1.21 bits per heavy atom. The Labute approximate surface area is 163 Å². The normalized spacial score (nSPS) is 19.1. The quantitative estimate of drug-likeness (QED) is 0.861. The number of carbonyl (C=O) groups is 1. The van der Waals surface area contributed by atoms with Gasteiger partial charge in [0.25, 0.3) is 5.56 Å². The molecule has 1 amide bonds. The van der Waals surface area contributed by atoms with Crippen LogP contribution in [0.15, 0.2) is 17.1 Å². The van der Waals surface area contributed by atoms with E-state index in [4.69, 9.17) is 4.74 Å². The summed E-state index contributed by atoms with van der Waals surface area (Å²) in [6.45, 7) is 2.82. The van der Waals surface area contributed by atoms with Crippen molar-refractivity contribution in [2.24, 2.45) is 5.92 Å². The summed E-state index contributed by atoms with van der Waals surface area (Å²) in [4.78, 5) is 40.7. The van der Waals surface area contributed by atoms with Crippen LogP contribution in [0.5, 0.6) is 0 Å². The first kappa shape index (κ1) is 18.9. The van der Waals surface area contributed by atoms with Gasteiger partial charge in [-0.2, -0.15) is 0 Å². The van der Waals surface area contributed by atoms with Gasteiger partial charge in [-0.05, 0) is 31.7 Å². The summed E-state index contributed by atoms with van der Waals surface area (Å²) in [6.07, 6.45) is 4.93. The molecule has 8 nitrogen and oxygen atoms in total. The van der Waals surface area contributed by atoms with E-state index >= 15 is 0 Å². The molecule has 4 rings (SSSR count). The van der Waals surface area contributed by atoms with Gasteiger partial charge in [-0.1, -0.05) is 0 Å². The van der Waals surface area contributed by atoms with Crippen LogP contribution in [0.2, 0.25) is 0 Å². The average molecular weight is 385 g/mol. The highest BCUT2D eigenvalue weighted by Crippen LogP contribution is 2.29. The van der Waals surface area contributed by atoms with E-state index in [9.17, 15) is 9.59 Å². The summed E-state index contributed by atoms with van der Waals surface area (Å²) in [7, 11) is 3.75. The van der Waals surface area contributed by atoms with E-state index in [2.05, 4.69) is 15.0 Å². The van der Waals surface area contributed by atoms with E-state index in [0.717, 1.165) is 44.5 Å². The van der Waals surface area contributed by atoms with Crippen molar-refractivity contribution >= 4 is 22.8 Å². The molecule has 28 heavy (non-hydrogen) atoms. The molecule has 0 bridgehead atoms. The SMILES string of the molecule is CN(C)c1ncc2c(=O)[nH]c(C3CCN(C(=O)C4CCOCC4)CC3)cc2n1. The molecule has 0 atom stereocenters. The maximum Gasteiger partial charge on any atom is 0.259 e. The van der Waals surface area contributed by atoms with Gasteiger partial charge in [-0.15, -0.1) is 0 Å². The zero-order chi connectivity index (χ0) is 19.7. The first-order valence-corrected chi connectivity index (χ1v) is 9.97. The van der Waals surface area contributed by atoms with E-state index < -0.39 is 0 Å². The summed E-state index contributed by atoms with van der Waals surface area (Å²) in [5.74, 6) is 1.18. The number of amides is 1. The molecule has 0 radical (unpaired) electrons. The molecule has 8 heteroatoms. The molecule has 2 aliphatic heterocycles. The number of H-pyrrole nitrogens is 1. The van der Waals surface area contributed by atoms with E-state index in [-0.39, 0.29) is 23.3 Å². The molecule has 4 heterocycles. The first-order valence-electron chi connectivity index (χ1n) is 9.97. The summed E-state index contributed by atoms with van der Waals surface area (Å²) < 4.78 is 5.36. The fraction of sp³-hybridized carbons (Fsp3) is 0.600. The molecule has 2 saturated heterocycles. The summed E-state index contributed by atoms with van der Waals surface area (Å²) >= 11 is 0. The zero-order valence-electron chi connectivity index (χ0n) is 16.5. The zero-order valence-corrected chi connectivity index (χ0v) is 16.5. The third-order valence-electron chi connectivity index (χ3n) is 5.82. The topological polar surface area (TPSA) is 91.4 Å². The number of carbonyl (C=O) groups excluding carboxylic acids is 1. The van der Waals surface area contributed by atoms with E-state index in [1.165, 1.54) is 0 Å². The Kier molecular flexibility index (Phi) is 5.30. The van der Waals surface area contributed by atoms with Gasteiger partial charge in [0.1, 0.15) is 0 Å².